The van der Waals surface area contributed by atoms with Gasteiger partial charge in [-0.15, -0.1) is 0 Å². The fraction of sp³-hybridized carbons (Fsp3) is 0.381. The minimum Gasteiger partial charge on any atom is -0.454 e. The number of fused-ring (bicyclic) bond motifs is 1. The summed E-state index contributed by atoms with van der Waals surface area (Å²) in [5, 5.41) is 6.09. The zero-order chi connectivity index (χ0) is 19.2. The average molecular weight is 380 g/mol. The number of ether oxygens (including phenoxy) is 2. The predicted molar refractivity (Wildman–Crippen MR) is 105 cm³/mol. The summed E-state index contributed by atoms with van der Waals surface area (Å²) >= 11 is 0. The first-order valence-electron chi connectivity index (χ1n) is 9.69. The second kappa shape index (κ2) is 8.73. The zero-order valence-corrected chi connectivity index (χ0v) is 15.7. The number of rotatable bonds is 7. The molecule has 0 bridgehead atoms. The van der Waals surface area contributed by atoms with Crippen LogP contribution in [0.2, 0.25) is 0 Å². The molecule has 28 heavy (non-hydrogen) atoms. The lowest BCUT2D eigenvalue weighted by Crippen LogP contribution is -2.26. The quantitative estimate of drug-likeness (QED) is 0.716. The number of carbonyl (C=O) groups is 1. The van der Waals surface area contributed by atoms with Gasteiger partial charge in [-0.3, -0.25) is 4.79 Å². The van der Waals surface area contributed by atoms with Gasteiger partial charge in [-0.05, 0) is 55.9 Å². The molecule has 1 aromatic carbocycles. The molecule has 1 aliphatic heterocycles. The molecule has 2 N–H and O–H groups in total. The Morgan fingerprint density at radius 3 is 2.96 bits per heavy atom. The highest BCUT2D eigenvalue weighted by molar-refractivity contribution is 5.92. The molecule has 1 amide bonds. The summed E-state index contributed by atoms with van der Waals surface area (Å²) < 4.78 is 10.7. The summed E-state index contributed by atoms with van der Waals surface area (Å²) in [6, 6.07) is 7.38. The molecular formula is C21H24N4O3. The van der Waals surface area contributed by atoms with Crippen LogP contribution >= 0.6 is 0 Å². The highest BCUT2D eigenvalue weighted by Crippen LogP contribution is 2.32. The van der Waals surface area contributed by atoms with Crippen molar-refractivity contribution in [3.8, 4) is 11.5 Å². The van der Waals surface area contributed by atoms with E-state index in [1.807, 2.05) is 18.2 Å². The topological polar surface area (TPSA) is 85.4 Å². The maximum absolute atomic E-state index is 12.4. The van der Waals surface area contributed by atoms with E-state index in [0.29, 0.717) is 24.7 Å². The molecule has 2 heterocycles. The number of hydrogen-bond acceptors (Lipinski definition) is 6. The number of amides is 1. The van der Waals surface area contributed by atoms with Crippen molar-refractivity contribution in [1.82, 2.24) is 15.3 Å². The van der Waals surface area contributed by atoms with Crippen LogP contribution in [-0.4, -0.2) is 29.2 Å². The van der Waals surface area contributed by atoms with E-state index in [0.717, 1.165) is 36.3 Å². The molecule has 0 atom stereocenters. The summed E-state index contributed by atoms with van der Waals surface area (Å²) in [5.41, 5.74) is 2.82. The lowest BCUT2D eigenvalue weighted by Gasteiger charge is -2.13. The molecule has 0 unspecified atom stereocenters. The van der Waals surface area contributed by atoms with Crippen molar-refractivity contribution < 1.29 is 14.3 Å². The number of hydrogen-bond donors (Lipinski definition) is 2. The van der Waals surface area contributed by atoms with Crippen LogP contribution in [0, 0.1) is 0 Å². The first-order valence-corrected chi connectivity index (χ1v) is 9.69. The molecule has 1 aromatic heterocycles. The summed E-state index contributed by atoms with van der Waals surface area (Å²) in [6.45, 7) is 1.41. The van der Waals surface area contributed by atoms with E-state index in [1.54, 1.807) is 12.3 Å². The Kier molecular flexibility index (Phi) is 5.70. The van der Waals surface area contributed by atoms with Gasteiger partial charge in [0, 0.05) is 19.3 Å². The molecule has 7 heteroatoms. The Labute approximate surface area is 164 Å². The van der Waals surface area contributed by atoms with Gasteiger partial charge in [0.25, 0.3) is 5.91 Å². The molecule has 0 fully saturated rings. The highest BCUT2D eigenvalue weighted by atomic mass is 16.7. The highest BCUT2D eigenvalue weighted by Gasteiger charge is 2.13. The van der Waals surface area contributed by atoms with Gasteiger partial charge in [-0.2, -0.15) is 0 Å². The maximum atomic E-state index is 12.4. The Hall–Kier alpha value is -3.09. The van der Waals surface area contributed by atoms with Gasteiger partial charge in [0.05, 0.1) is 0 Å². The van der Waals surface area contributed by atoms with E-state index < -0.39 is 0 Å². The number of benzene rings is 1. The second-order valence-corrected chi connectivity index (χ2v) is 6.92. The van der Waals surface area contributed by atoms with Crippen molar-refractivity contribution in [2.75, 3.05) is 18.7 Å². The van der Waals surface area contributed by atoms with E-state index in [9.17, 15) is 4.79 Å². The molecular weight excluding hydrogens is 356 g/mol. The monoisotopic (exact) mass is 380 g/mol. The molecule has 0 saturated carbocycles. The van der Waals surface area contributed by atoms with Crippen molar-refractivity contribution >= 4 is 11.9 Å². The van der Waals surface area contributed by atoms with Crippen LogP contribution in [0.4, 0.5) is 5.95 Å². The zero-order valence-electron chi connectivity index (χ0n) is 15.7. The van der Waals surface area contributed by atoms with E-state index >= 15 is 0 Å². The third kappa shape index (κ3) is 4.60. The number of nitrogens with one attached hydrogen (secondary N) is 2. The van der Waals surface area contributed by atoms with Crippen molar-refractivity contribution in [3.05, 3.63) is 53.4 Å². The molecule has 2 aliphatic rings. The Bertz CT molecular complexity index is 882. The van der Waals surface area contributed by atoms with E-state index in [-0.39, 0.29) is 12.7 Å². The largest absolute Gasteiger partial charge is 0.454 e. The van der Waals surface area contributed by atoms with Crippen molar-refractivity contribution in [1.29, 1.82) is 0 Å². The van der Waals surface area contributed by atoms with Gasteiger partial charge >= 0.3 is 0 Å². The van der Waals surface area contributed by atoms with Gasteiger partial charge in [0.15, 0.2) is 11.5 Å². The maximum Gasteiger partial charge on any atom is 0.270 e. The first kappa shape index (κ1) is 18.3. The van der Waals surface area contributed by atoms with Crippen LogP contribution < -0.4 is 20.1 Å². The molecule has 7 nitrogen and oxygen atoms in total. The number of aromatic nitrogens is 2. The summed E-state index contributed by atoms with van der Waals surface area (Å²) in [7, 11) is 0. The van der Waals surface area contributed by atoms with Gasteiger partial charge < -0.3 is 20.1 Å². The van der Waals surface area contributed by atoms with Crippen LogP contribution in [0.3, 0.4) is 0 Å². The van der Waals surface area contributed by atoms with Crippen molar-refractivity contribution in [2.24, 2.45) is 0 Å². The van der Waals surface area contributed by atoms with Crippen LogP contribution in [0.15, 0.2) is 42.1 Å². The summed E-state index contributed by atoms with van der Waals surface area (Å²) in [4.78, 5) is 20.9. The molecule has 4 rings (SSSR count). The average Bonchev–Trinajstić information content (AvgIpc) is 3.21. The number of anilines is 1. The lowest BCUT2D eigenvalue weighted by molar-refractivity contribution is 0.0949. The normalized spacial score (nSPS) is 15.1. The second-order valence-electron chi connectivity index (χ2n) is 6.92. The summed E-state index contributed by atoms with van der Waals surface area (Å²) in [5.74, 6) is 1.73. The molecule has 0 spiro atoms. The minimum absolute atomic E-state index is 0.176. The third-order valence-electron chi connectivity index (χ3n) is 4.89. The van der Waals surface area contributed by atoms with Gasteiger partial charge in [0.2, 0.25) is 12.7 Å². The van der Waals surface area contributed by atoms with E-state index in [4.69, 9.17) is 9.47 Å². The number of carbonyl (C=O) groups excluding carboxylic acids is 1. The predicted octanol–water partition coefficient (Wildman–Crippen LogP) is 3.44. The molecule has 0 saturated heterocycles. The standard InChI is InChI=1S/C21H24N4O3/c26-20(22-10-8-15-4-2-1-3-5-15)17-9-11-23-21(25-17)24-13-16-6-7-18-19(12-16)28-14-27-18/h4,6-7,9,11-12H,1-3,5,8,10,13-14H2,(H,22,26)(H,23,24,25). The Morgan fingerprint density at radius 1 is 1.14 bits per heavy atom. The molecule has 146 valence electrons. The van der Waals surface area contributed by atoms with E-state index in [2.05, 4.69) is 26.7 Å². The Balaban J connectivity index is 1.29. The number of nitrogens with zero attached hydrogens (tertiary/aromatic N) is 2. The third-order valence-corrected chi connectivity index (χ3v) is 4.89. The van der Waals surface area contributed by atoms with E-state index in [1.165, 1.54) is 18.4 Å². The summed E-state index contributed by atoms with van der Waals surface area (Å²) in [6.07, 6.45) is 9.64. The first-order chi connectivity index (χ1) is 13.8. The minimum atomic E-state index is -0.176. The molecule has 0 radical (unpaired) electrons. The SMILES string of the molecule is O=C(NCCC1=CCCCC1)c1ccnc(NCc2ccc3c(c2)OCO3)n1. The fourth-order valence-electron chi connectivity index (χ4n) is 3.36. The van der Waals surface area contributed by atoms with Crippen molar-refractivity contribution in [3.63, 3.8) is 0 Å². The molecule has 1 aliphatic carbocycles. The van der Waals surface area contributed by atoms with Gasteiger partial charge in [-0.1, -0.05) is 17.7 Å². The number of allylic oxidation sites excluding steroid dienone is 1. The van der Waals surface area contributed by atoms with Crippen LogP contribution in [0.1, 0.15) is 48.2 Å². The molecule has 2 aromatic rings. The van der Waals surface area contributed by atoms with Crippen LogP contribution in [-0.2, 0) is 6.54 Å². The van der Waals surface area contributed by atoms with Gasteiger partial charge in [-0.25, -0.2) is 9.97 Å². The van der Waals surface area contributed by atoms with Gasteiger partial charge in [0.1, 0.15) is 5.69 Å². The van der Waals surface area contributed by atoms with Crippen LogP contribution in [0.25, 0.3) is 0 Å². The Morgan fingerprint density at radius 2 is 2.07 bits per heavy atom. The van der Waals surface area contributed by atoms with Crippen LogP contribution in [0.5, 0.6) is 11.5 Å². The van der Waals surface area contributed by atoms with Crippen molar-refractivity contribution in [2.45, 2.75) is 38.6 Å². The lowest BCUT2D eigenvalue weighted by atomic mass is 9.97. The fourth-order valence-corrected chi connectivity index (χ4v) is 3.36. The smallest absolute Gasteiger partial charge is 0.270 e.